The van der Waals surface area contributed by atoms with Gasteiger partial charge in [0, 0.05) is 17.8 Å². The molecule has 3 nitrogen and oxygen atoms in total. The molecule has 4 heteroatoms. The van der Waals surface area contributed by atoms with Gasteiger partial charge in [-0.3, -0.25) is 9.13 Å². The first-order valence-electron chi connectivity index (χ1n) is 6.90. The Hall–Kier alpha value is -1.81. The van der Waals surface area contributed by atoms with Crippen LogP contribution in [-0.2, 0) is 13.1 Å². The highest BCUT2D eigenvalue weighted by Crippen LogP contribution is 2.28. The van der Waals surface area contributed by atoms with Crippen molar-refractivity contribution >= 4 is 27.0 Å². The average Bonchev–Trinajstić information content (AvgIpc) is 2.76. The maximum atomic E-state index is 12.7. The summed E-state index contributed by atoms with van der Waals surface area (Å²) in [6.45, 7) is 1.23. The Labute approximate surface area is 131 Å². The van der Waals surface area contributed by atoms with Gasteiger partial charge in [0.15, 0.2) is 0 Å². The molecule has 2 heterocycles. The van der Waals surface area contributed by atoms with Gasteiger partial charge in [-0.2, -0.15) is 0 Å². The second kappa shape index (κ2) is 4.88. The molecule has 0 N–H and O–H groups in total. The number of alkyl halides is 1. The van der Waals surface area contributed by atoms with Gasteiger partial charge in [-0.1, -0.05) is 58.4 Å². The van der Waals surface area contributed by atoms with Crippen molar-refractivity contribution in [2.75, 3.05) is 0 Å². The van der Waals surface area contributed by atoms with Crippen LogP contribution in [0.2, 0.25) is 0 Å². The molecule has 0 saturated carbocycles. The van der Waals surface area contributed by atoms with Crippen LogP contribution in [0, 0.1) is 6.42 Å². The molecule has 21 heavy (non-hydrogen) atoms. The lowest BCUT2D eigenvalue weighted by atomic mass is 10.0. The summed E-state index contributed by atoms with van der Waals surface area (Å²) in [6, 6.07) is 16.1. The minimum Gasteiger partial charge on any atom is -0.290 e. The molecular formula is C17H13BrN2O. The summed E-state index contributed by atoms with van der Waals surface area (Å²) in [5, 5.41) is 0. The summed E-state index contributed by atoms with van der Waals surface area (Å²) in [5.41, 5.74) is 4.16. The average molecular weight is 341 g/mol. The normalized spacial score (nSPS) is 17.3. The number of halogens is 1. The Bertz CT molecular complexity index is 864. The van der Waals surface area contributed by atoms with Crippen LogP contribution in [0.5, 0.6) is 0 Å². The summed E-state index contributed by atoms with van der Waals surface area (Å²) >= 11 is 3.55. The number of aromatic nitrogens is 2. The van der Waals surface area contributed by atoms with Crippen LogP contribution in [0.1, 0.15) is 11.1 Å². The van der Waals surface area contributed by atoms with Crippen molar-refractivity contribution in [3.63, 3.8) is 0 Å². The van der Waals surface area contributed by atoms with E-state index in [0.717, 1.165) is 22.2 Å². The Balaban J connectivity index is 1.94. The lowest BCUT2D eigenvalue weighted by molar-refractivity contribution is 0.649. The molecule has 1 atom stereocenters. The number of para-hydroxylation sites is 1. The van der Waals surface area contributed by atoms with E-state index in [1.165, 1.54) is 0 Å². The highest BCUT2D eigenvalue weighted by Gasteiger charge is 2.24. The van der Waals surface area contributed by atoms with Crippen molar-refractivity contribution in [2.24, 2.45) is 0 Å². The van der Waals surface area contributed by atoms with Gasteiger partial charge in [0.2, 0.25) is 0 Å². The number of rotatable bonds is 2. The van der Waals surface area contributed by atoms with E-state index in [2.05, 4.69) is 22.4 Å². The van der Waals surface area contributed by atoms with Crippen LogP contribution in [-0.4, -0.2) is 14.0 Å². The van der Waals surface area contributed by atoms with Gasteiger partial charge in [-0.25, -0.2) is 4.79 Å². The zero-order valence-electron chi connectivity index (χ0n) is 11.3. The van der Waals surface area contributed by atoms with Gasteiger partial charge < -0.3 is 0 Å². The first kappa shape index (κ1) is 12.9. The van der Waals surface area contributed by atoms with Crippen LogP contribution in [0.15, 0.2) is 53.3 Å². The predicted octanol–water partition coefficient (Wildman–Crippen LogP) is 3.06. The van der Waals surface area contributed by atoms with Crippen molar-refractivity contribution in [3.8, 4) is 0 Å². The lowest BCUT2D eigenvalue weighted by Crippen LogP contribution is -2.29. The Morgan fingerprint density at radius 1 is 1.14 bits per heavy atom. The number of imidazole rings is 1. The minimum absolute atomic E-state index is 0.0484. The molecule has 0 amide bonds. The van der Waals surface area contributed by atoms with E-state index in [1.54, 1.807) is 0 Å². The molecule has 0 spiro atoms. The maximum Gasteiger partial charge on any atom is 0.329 e. The molecule has 104 valence electrons. The molecule has 1 aliphatic heterocycles. The molecule has 2 aromatic carbocycles. The molecule has 0 bridgehead atoms. The molecule has 0 aliphatic carbocycles. The fourth-order valence-corrected chi connectivity index (χ4v) is 3.49. The quantitative estimate of drug-likeness (QED) is 0.658. The lowest BCUT2D eigenvalue weighted by Gasteiger charge is -2.17. The van der Waals surface area contributed by atoms with Crippen LogP contribution < -0.4 is 5.69 Å². The Kier molecular flexibility index (Phi) is 3.00. The van der Waals surface area contributed by atoms with Crippen LogP contribution in [0.25, 0.3) is 11.0 Å². The van der Waals surface area contributed by atoms with E-state index in [4.69, 9.17) is 0 Å². The third-order valence-electron chi connectivity index (χ3n) is 3.88. The third-order valence-corrected chi connectivity index (χ3v) is 4.39. The van der Waals surface area contributed by atoms with Crippen LogP contribution in [0.4, 0.5) is 0 Å². The number of benzene rings is 2. The van der Waals surface area contributed by atoms with Gasteiger partial charge in [0.1, 0.15) is 0 Å². The van der Waals surface area contributed by atoms with E-state index < -0.39 is 0 Å². The zero-order valence-corrected chi connectivity index (χ0v) is 12.9. The van der Waals surface area contributed by atoms with E-state index in [9.17, 15) is 4.79 Å². The van der Waals surface area contributed by atoms with E-state index in [1.807, 2.05) is 57.7 Å². The van der Waals surface area contributed by atoms with Crippen LogP contribution >= 0.6 is 15.9 Å². The molecular weight excluding hydrogens is 328 g/mol. The molecule has 3 aromatic rings. The van der Waals surface area contributed by atoms with Gasteiger partial charge in [-0.15, -0.1) is 0 Å². The van der Waals surface area contributed by atoms with Crippen molar-refractivity contribution < 1.29 is 0 Å². The zero-order chi connectivity index (χ0) is 14.4. The smallest absolute Gasteiger partial charge is 0.290 e. The largest absolute Gasteiger partial charge is 0.329 e. The second-order valence-corrected chi connectivity index (χ2v) is 6.36. The summed E-state index contributed by atoms with van der Waals surface area (Å²) in [6.07, 6.45) is 3.37. The number of hydrogen-bond acceptors (Lipinski definition) is 1. The van der Waals surface area contributed by atoms with Crippen molar-refractivity contribution in [1.82, 2.24) is 9.13 Å². The van der Waals surface area contributed by atoms with Gasteiger partial charge >= 0.3 is 5.69 Å². The third kappa shape index (κ3) is 2.05. The van der Waals surface area contributed by atoms with Crippen LogP contribution in [0.3, 0.4) is 0 Å². The van der Waals surface area contributed by atoms with E-state index >= 15 is 0 Å². The molecule has 0 fully saturated rings. The highest BCUT2D eigenvalue weighted by atomic mass is 79.9. The number of hydrogen-bond donors (Lipinski definition) is 0. The molecule has 1 aromatic heterocycles. The minimum atomic E-state index is 0.0484. The second-order valence-electron chi connectivity index (χ2n) is 5.25. The van der Waals surface area contributed by atoms with Crippen molar-refractivity contribution in [1.29, 1.82) is 0 Å². The van der Waals surface area contributed by atoms with Crippen molar-refractivity contribution in [2.45, 2.75) is 17.9 Å². The predicted molar refractivity (Wildman–Crippen MR) is 86.8 cm³/mol. The summed E-state index contributed by atoms with van der Waals surface area (Å²) in [5.74, 6) is 0. The van der Waals surface area contributed by atoms with E-state index in [-0.39, 0.29) is 10.5 Å². The molecule has 4 rings (SSSR count). The standard InChI is InChI=1S/C17H13BrN2O/c18-14-9-13-7-4-8-15-16(13)20(11-14)17(21)19(15)10-12-5-2-1-3-6-12/h1-8,14H,10-11H2/t14-/m1/s1. The van der Waals surface area contributed by atoms with Gasteiger partial charge in [-0.05, 0) is 17.2 Å². The molecule has 1 aliphatic rings. The molecule has 0 unspecified atom stereocenters. The Morgan fingerprint density at radius 3 is 2.76 bits per heavy atom. The monoisotopic (exact) mass is 340 g/mol. The SMILES string of the molecule is O=c1n(Cc2ccccc2)c2cccc3c2n1C[C@H](Br)[C]3. The van der Waals surface area contributed by atoms with Gasteiger partial charge in [0.05, 0.1) is 17.6 Å². The fraction of sp³-hybridized carbons (Fsp3) is 0.176. The fourth-order valence-electron chi connectivity index (χ4n) is 2.96. The first-order chi connectivity index (χ1) is 10.2. The number of nitrogens with zero attached hydrogens (tertiary/aromatic N) is 2. The first-order valence-corrected chi connectivity index (χ1v) is 7.82. The summed E-state index contributed by atoms with van der Waals surface area (Å²) in [7, 11) is 0. The van der Waals surface area contributed by atoms with Gasteiger partial charge in [0.25, 0.3) is 0 Å². The van der Waals surface area contributed by atoms with E-state index in [0.29, 0.717) is 13.1 Å². The summed E-state index contributed by atoms with van der Waals surface area (Å²) < 4.78 is 3.70. The Morgan fingerprint density at radius 2 is 1.95 bits per heavy atom. The highest BCUT2D eigenvalue weighted by molar-refractivity contribution is 9.09. The molecule has 2 radical (unpaired) electrons. The maximum absolute atomic E-state index is 12.7. The summed E-state index contributed by atoms with van der Waals surface area (Å²) in [4.78, 5) is 12.8. The topological polar surface area (TPSA) is 26.9 Å². The van der Waals surface area contributed by atoms with Crippen molar-refractivity contribution in [3.05, 3.63) is 76.6 Å². The molecule has 0 saturated heterocycles.